The Hall–Kier alpha value is -3.45. The van der Waals surface area contributed by atoms with Crippen LogP contribution in [-0.4, -0.2) is 53.0 Å². The summed E-state index contributed by atoms with van der Waals surface area (Å²) in [6.45, 7) is 4.46. The quantitative estimate of drug-likeness (QED) is 0.555. The molecule has 1 unspecified atom stereocenters. The summed E-state index contributed by atoms with van der Waals surface area (Å²) in [5.74, 6) is 2.00. The van der Waals surface area contributed by atoms with Crippen molar-refractivity contribution in [3.8, 4) is 11.6 Å². The number of hydrogen-bond donors (Lipinski definition) is 1. The van der Waals surface area contributed by atoms with E-state index in [9.17, 15) is 4.79 Å². The summed E-state index contributed by atoms with van der Waals surface area (Å²) in [5.41, 5.74) is 1.34. The lowest BCUT2D eigenvalue weighted by Gasteiger charge is -2.36. The van der Waals surface area contributed by atoms with Gasteiger partial charge in [-0.2, -0.15) is 0 Å². The minimum Gasteiger partial charge on any atom is -0.436 e. The number of piperidine rings is 2. The average Bonchev–Trinajstić information content (AvgIpc) is 2.91. The summed E-state index contributed by atoms with van der Waals surface area (Å²) in [4.78, 5) is 26.8. The number of nitrogens with one attached hydrogen (secondary N) is 1. The highest BCUT2D eigenvalue weighted by Gasteiger charge is 2.30. The summed E-state index contributed by atoms with van der Waals surface area (Å²) in [5, 5.41) is 3.34. The van der Waals surface area contributed by atoms with Gasteiger partial charge in [0.1, 0.15) is 5.75 Å². The first-order valence-electron chi connectivity index (χ1n) is 12.6. The maximum Gasteiger partial charge on any atom is 0.263 e. The lowest BCUT2D eigenvalue weighted by Crippen LogP contribution is -2.49. The van der Waals surface area contributed by atoms with Gasteiger partial charge in [-0.25, -0.2) is 9.97 Å². The molecule has 7 nitrogen and oxygen atoms in total. The largest absolute Gasteiger partial charge is 0.436 e. The van der Waals surface area contributed by atoms with E-state index in [1.807, 2.05) is 30.3 Å². The maximum atomic E-state index is 13.2. The molecule has 1 N–H and O–H groups in total. The second kappa shape index (κ2) is 11.3. The van der Waals surface area contributed by atoms with Gasteiger partial charge in [0, 0.05) is 51.2 Å². The van der Waals surface area contributed by atoms with Crippen LogP contribution < -0.4 is 15.0 Å². The summed E-state index contributed by atoms with van der Waals surface area (Å²) in [6, 6.07) is 20.4. The number of benzene rings is 2. The van der Waals surface area contributed by atoms with Gasteiger partial charge >= 0.3 is 0 Å². The SMILES string of the molecule is O=C(NC1CCN(Cc2ccccc2)CC1)C1CCCN(c2nccnc2Oc2ccccc2)C1. The Morgan fingerprint density at radius 2 is 1.63 bits per heavy atom. The number of hydrogen-bond acceptors (Lipinski definition) is 6. The van der Waals surface area contributed by atoms with Crippen molar-refractivity contribution in [2.24, 2.45) is 5.92 Å². The van der Waals surface area contributed by atoms with Gasteiger partial charge in [-0.1, -0.05) is 48.5 Å². The molecule has 0 spiro atoms. The van der Waals surface area contributed by atoms with E-state index in [0.717, 1.165) is 57.6 Å². The number of rotatable bonds is 7. The zero-order chi connectivity index (χ0) is 23.9. The van der Waals surface area contributed by atoms with Crippen LogP contribution in [0.1, 0.15) is 31.2 Å². The number of nitrogens with zero attached hydrogens (tertiary/aromatic N) is 4. The van der Waals surface area contributed by atoms with Gasteiger partial charge in [0.05, 0.1) is 5.92 Å². The minimum atomic E-state index is -0.0577. The monoisotopic (exact) mass is 471 g/mol. The van der Waals surface area contributed by atoms with E-state index in [1.54, 1.807) is 12.4 Å². The molecule has 3 heterocycles. The number of amides is 1. The highest BCUT2D eigenvalue weighted by molar-refractivity contribution is 5.80. The third-order valence-electron chi connectivity index (χ3n) is 6.88. The van der Waals surface area contributed by atoms with Crippen molar-refractivity contribution in [3.05, 3.63) is 78.6 Å². The van der Waals surface area contributed by atoms with Gasteiger partial charge in [0.15, 0.2) is 5.82 Å². The molecule has 1 aromatic heterocycles. The minimum absolute atomic E-state index is 0.0577. The topological polar surface area (TPSA) is 70.6 Å². The number of ether oxygens (including phenoxy) is 1. The molecule has 0 radical (unpaired) electrons. The van der Waals surface area contributed by atoms with Crippen molar-refractivity contribution < 1.29 is 9.53 Å². The molecule has 2 aliphatic heterocycles. The molecule has 35 heavy (non-hydrogen) atoms. The molecule has 1 atom stereocenters. The Bertz CT molecular complexity index is 1090. The second-order valence-electron chi connectivity index (χ2n) is 9.43. The molecule has 1 amide bonds. The van der Waals surface area contributed by atoms with E-state index >= 15 is 0 Å². The molecule has 182 valence electrons. The number of anilines is 1. The normalized spacial score (nSPS) is 19.3. The van der Waals surface area contributed by atoms with Crippen LogP contribution in [0.5, 0.6) is 11.6 Å². The average molecular weight is 472 g/mol. The predicted molar refractivity (Wildman–Crippen MR) is 136 cm³/mol. The van der Waals surface area contributed by atoms with E-state index in [-0.39, 0.29) is 17.9 Å². The molecule has 0 saturated carbocycles. The van der Waals surface area contributed by atoms with Crippen molar-refractivity contribution in [1.82, 2.24) is 20.2 Å². The van der Waals surface area contributed by atoms with Crippen LogP contribution in [0.4, 0.5) is 5.82 Å². The highest BCUT2D eigenvalue weighted by Crippen LogP contribution is 2.31. The lowest BCUT2D eigenvalue weighted by molar-refractivity contribution is -0.126. The Morgan fingerprint density at radius 1 is 0.914 bits per heavy atom. The molecule has 5 rings (SSSR count). The number of carbonyl (C=O) groups excluding carboxylic acids is 1. The summed E-state index contributed by atoms with van der Waals surface area (Å²) >= 11 is 0. The van der Waals surface area contributed by atoms with Crippen LogP contribution in [-0.2, 0) is 11.3 Å². The van der Waals surface area contributed by atoms with Crippen molar-refractivity contribution in [3.63, 3.8) is 0 Å². The molecule has 2 aliphatic rings. The number of para-hydroxylation sites is 1. The first-order chi connectivity index (χ1) is 17.2. The fraction of sp³-hybridized carbons (Fsp3) is 0.393. The van der Waals surface area contributed by atoms with Gasteiger partial charge in [0.25, 0.3) is 5.88 Å². The van der Waals surface area contributed by atoms with Crippen LogP contribution in [0.2, 0.25) is 0 Å². The summed E-state index contributed by atoms with van der Waals surface area (Å²) < 4.78 is 6.01. The number of carbonyl (C=O) groups is 1. The second-order valence-corrected chi connectivity index (χ2v) is 9.43. The van der Waals surface area contributed by atoms with E-state index in [1.165, 1.54) is 5.56 Å². The zero-order valence-electron chi connectivity index (χ0n) is 20.1. The highest BCUT2D eigenvalue weighted by atomic mass is 16.5. The maximum absolute atomic E-state index is 13.2. The molecule has 3 aromatic rings. The Labute approximate surface area is 207 Å². The first kappa shape index (κ1) is 23.3. The third kappa shape index (κ3) is 6.17. The van der Waals surface area contributed by atoms with Crippen LogP contribution in [0.25, 0.3) is 0 Å². The molecule has 7 heteroatoms. The summed E-state index contributed by atoms with van der Waals surface area (Å²) in [6.07, 6.45) is 7.14. The Balaban J connectivity index is 1.15. The smallest absolute Gasteiger partial charge is 0.263 e. The van der Waals surface area contributed by atoms with Crippen molar-refractivity contribution in [1.29, 1.82) is 0 Å². The molecule has 2 saturated heterocycles. The first-order valence-corrected chi connectivity index (χ1v) is 12.6. The zero-order valence-corrected chi connectivity index (χ0v) is 20.1. The van der Waals surface area contributed by atoms with Crippen LogP contribution in [0.3, 0.4) is 0 Å². The Kier molecular flexibility index (Phi) is 7.53. The van der Waals surface area contributed by atoms with E-state index in [0.29, 0.717) is 18.2 Å². The van der Waals surface area contributed by atoms with Crippen molar-refractivity contribution >= 4 is 11.7 Å². The van der Waals surface area contributed by atoms with Crippen LogP contribution >= 0.6 is 0 Å². The molecular formula is C28H33N5O2. The standard InChI is InChI=1S/C28H33N5O2/c34-27(31-24-13-18-32(19-14-24)20-22-8-3-1-4-9-22)23-10-7-17-33(21-23)26-28(30-16-15-29-26)35-25-11-5-2-6-12-25/h1-6,8-9,11-12,15-16,23-24H,7,10,13-14,17-21H2,(H,31,34). The van der Waals surface area contributed by atoms with Gasteiger partial charge in [-0.3, -0.25) is 9.69 Å². The third-order valence-corrected chi connectivity index (χ3v) is 6.88. The van der Waals surface area contributed by atoms with Gasteiger partial charge in [-0.15, -0.1) is 0 Å². The van der Waals surface area contributed by atoms with E-state index in [4.69, 9.17) is 4.74 Å². The molecular weight excluding hydrogens is 438 g/mol. The van der Waals surface area contributed by atoms with Crippen LogP contribution in [0.15, 0.2) is 73.1 Å². The molecule has 0 aliphatic carbocycles. The molecule has 0 bridgehead atoms. The predicted octanol–water partition coefficient (Wildman–Crippen LogP) is 4.27. The van der Waals surface area contributed by atoms with Gasteiger partial charge in [0.2, 0.25) is 5.91 Å². The number of aromatic nitrogens is 2. The molecule has 2 fully saturated rings. The van der Waals surface area contributed by atoms with Gasteiger partial charge < -0.3 is 15.0 Å². The van der Waals surface area contributed by atoms with Gasteiger partial charge in [-0.05, 0) is 43.4 Å². The van der Waals surface area contributed by atoms with Crippen molar-refractivity contribution in [2.75, 3.05) is 31.1 Å². The van der Waals surface area contributed by atoms with E-state index < -0.39 is 0 Å². The van der Waals surface area contributed by atoms with Crippen molar-refractivity contribution in [2.45, 2.75) is 38.3 Å². The van der Waals surface area contributed by atoms with E-state index in [2.05, 4.69) is 55.4 Å². The molecule has 2 aromatic carbocycles. The fourth-order valence-electron chi connectivity index (χ4n) is 4.99. The lowest BCUT2D eigenvalue weighted by atomic mass is 9.95. The fourth-order valence-corrected chi connectivity index (χ4v) is 4.99. The number of likely N-dealkylation sites (tertiary alicyclic amines) is 1. The Morgan fingerprint density at radius 3 is 2.40 bits per heavy atom. The van der Waals surface area contributed by atoms with Crippen LogP contribution in [0, 0.1) is 5.92 Å². The summed E-state index contributed by atoms with van der Waals surface area (Å²) in [7, 11) is 0.